The van der Waals surface area contributed by atoms with Crippen LogP contribution in [0.3, 0.4) is 0 Å². The lowest BCUT2D eigenvalue weighted by Gasteiger charge is -2.29. The third-order valence-electron chi connectivity index (χ3n) is 4.45. The molecule has 1 aliphatic carbocycles. The predicted molar refractivity (Wildman–Crippen MR) is 84.5 cm³/mol. The maximum atomic E-state index is 11.3. The summed E-state index contributed by atoms with van der Waals surface area (Å²) in [6, 6.07) is 3.54. The predicted octanol–water partition coefficient (Wildman–Crippen LogP) is 3.28. The van der Waals surface area contributed by atoms with Crippen molar-refractivity contribution in [3.8, 4) is 11.5 Å². The fraction of sp³-hybridized carbons (Fsp3) is 0.625. The number of ether oxygens (including phenoxy) is 2. The van der Waals surface area contributed by atoms with Crippen molar-refractivity contribution in [1.82, 2.24) is 5.32 Å². The van der Waals surface area contributed by atoms with Crippen molar-refractivity contribution in [1.29, 1.82) is 0 Å². The van der Waals surface area contributed by atoms with Gasteiger partial charge in [-0.1, -0.05) is 19.8 Å². The lowest BCUT2D eigenvalue weighted by molar-refractivity contribution is -0.385. The molecule has 1 aromatic carbocycles. The van der Waals surface area contributed by atoms with E-state index in [2.05, 4.69) is 12.2 Å². The van der Waals surface area contributed by atoms with Crippen LogP contribution >= 0.6 is 0 Å². The van der Waals surface area contributed by atoms with Crippen LogP contribution in [0, 0.1) is 16.0 Å². The second-order valence-corrected chi connectivity index (χ2v) is 5.84. The van der Waals surface area contributed by atoms with Crippen molar-refractivity contribution in [3.63, 3.8) is 0 Å². The first-order valence-corrected chi connectivity index (χ1v) is 7.69. The molecule has 0 bridgehead atoms. The van der Waals surface area contributed by atoms with Crippen LogP contribution in [0.25, 0.3) is 0 Å². The van der Waals surface area contributed by atoms with Crippen molar-refractivity contribution in [2.24, 2.45) is 5.92 Å². The molecule has 1 saturated carbocycles. The standard InChI is InChI=1S/C16H24N2O4/c1-11-6-4-5-7-13(11)17-10-12-8-15(21-2)16(22-3)9-14(12)18(19)20/h8-9,11,13,17H,4-7,10H2,1-3H3/t11-,13+/m1/s1. The molecule has 6 heteroatoms. The van der Waals surface area contributed by atoms with Crippen molar-refractivity contribution in [2.75, 3.05) is 14.2 Å². The Hall–Kier alpha value is -1.82. The molecular weight excluding hydrogens is 284 g/mol. The van der Waals surface area contributed by atoms with Gasteiger partial charge in [-0.2, -0.15) is 0 Å². The summed E-state index contributed by atoms with van der Waals surface area (Å²) in [6.07, 6.45) is 4.83. The van der Waals surface area contributed by atoms with Gasteiger partial charge in [0.05, 0.1) is 25.2 Å². The molecule has 0 heterocycles. The molecule has 1 fully saturated rings. The second-order valence-electron chi connectivity index (χ2n) is 5.84. The van der Waals surface area contributed by atoms with E-state index in [1.807, 2.05) is 0 Å². The number of methoxy groups -OCH3 is 2. The van der Waals surface area contributed by atoms with E-state index in [0.717, 1.165) is 6.42 Å². The smallest absolute Gasteiger partial charge is 0.277 e. The van der Waals surface area contributed by atoms with E-state index in [1.165, 1.54) is 39.5 Å². The number of nitro benzene ring substituents is 1. The molecule has 1 N–H and O–H groups in total. The molecule has 0 spiro atoms. The molecule has 22 heavy (non-hydrogen) atoms. The lowest BCUT2D eigenvalue weighted by Crippen LogP contribution is -2.36. The quantitative estimate of drug-likeness (QED) is 0.645. The van der Waals surface area contributed by atoms with E-state index in [-0.39, 0.29) is 10.6 Å². The van der Waals surface area contributed by atoms with Gasteiger partial charge in [0.2, 0.25) is 0 Å². The van der Waals surface area contributed by atoms with Gasteiger partial charge in [0.1, 0.15) is 0 Å². The number of nitrogens with zero attached hydrogens (tertiary/aromatic N) is 1. The highest BCUT2D eigenvalue weighted by Gasteiger charge is 2.23. The van der Waals surface area contributed by atoms with Crippen LogP contribution in [0.4, 0.5) is 5.69 Å². The molecule has 2 rings (SSSR count). The average Bonchev–Trinajstić information content (AvgIpc) is 2.53. The molecule has 0 amide bonds. The van der Waals surface area contributed by atoms with Gasteiger partial charge < -0.3 is 14.8 Å². The Bertz CT molecular complexity index is 533. The minimum absolute atomic E-state index is 0.0635. The van der Waals surface area contributed by atoms with Gasteiger partial charge >= 0.3 is 0 Å². The lowest BCUT2D eigenvalue weighted by atomic mass is 9.86. The molecule has 122 valence electrons. The van der Waals surface area contributed by atoms with Gasteiger partial charge in [-0.05, 0) is 24.8 Å². The van der Waals surface area contributed by atoms with Crippen molar-refractivity contribution >= 4 is 5.69 Å². The number of nitrogens with one attached hydrogen (secondary N) is 1. The Morgan fingerprint density at radius 1 is 1.23 bits per heavy atom. The zero-order valence-corrected chi connectivity index (χ0v) is 13.4. The van der Waals surface area contributed by atoms with E-state index < -0.39 is 0 Å². The molecule has 6 nitrogen and oxygen atoms in total. The first-order chi connectivity index (χ1) is 10.6. The van der Waals surface area contributed by atoms with Crippen molar-refractivity contribution in [3.05, 3.63) is 27.8 Å². The minimum atomic E-state index is -0.372. The summed E-state index contributed by atoms with van der Waals surface area (Å²) in [6.45, 7) is 2.70. The molecule has 0 radical (unpaired) electrons. The van der Waals surface area contributed by atoms with E-state index >= 15 is 0 Å². The average molecular weight is 308 g/mol. The van der Waals surface area contributed by atoms with Crippen LogP contribution < -0.4 is 14.8 Å². The van der Waals surface area contributed by atoms with Gasteiger partial charge in [-0.15, -0.1) is 0 Å². The van der Waals surface area contributed by atoms with Gasteiger partial charge in [0.15, 0.2) is 11.5 Å². The largest absolute Gasteiger partial charge is 0.493 e. The molecule has 0 unspecified atom stereocenters. The third kappa shape index (κ3) is 3.68. The molecule has 0 aromatic heterocycles. The van der Waals surface area contributed by atoms with Crippen molar-refractivity contribution < 1.29 is 14.4 Å². The third-order valence-corrected chi connectivity index (χ3v) is 4.45. The Balaban J connectivity index is 2.19. The molecule has 1 aromatic rings. The first kappa shape index (κ1) is 16.5. The number of rotatable bonds is 6. The van der Waals surface area contributed by atoms with E-state index in [4.69, 9.17) is 9.47 Å². The second kappa shape index (κ2) is 7.45. The summed E-state index contributed by atoms with van der Waals surface area (Å²) in [5.74, 6) is 1.50. The fourth-order valence-electron chi connectivity index (χ4n) is 3.08. The monoisotopic (exact) mass is 308 g/mol. The van der Waals surface area contributed by atoms with Crippen LogP contribution in [-0.4, -0.2) is 25.2 Å². The van der Waals surface area contributed by atoms with Gasteiger partial charge in [-0.3, -0.25) is 10.1 Å². The topological polar surface area (TPSA) is 73.6 Å². The zero-order valence-electron chi connectivity index (χ0n) is 13.4. The highest BCUT2D eigenvalue weighted by Crippen LogP contribution is 2.34. The van der Waals surface area contributed by atoms with Crippen LogP contribution in [0.15, 0.2) is 12.1 Å². The number of benzene rings is 1. The number of hydrogen-bond acceptors (Lipinski definition) is 5. The highest BCUT2D eigenvalue weighted by molar-refractivity contribution is 5.54. The first-order valence-electron chi connectivity index (χ1n) is 7.69. The SMILES string of the molecule is COc1cc(CN[C@H]2CCCC[C@H]2C)c([N+](=O)[O-])cc1OC. The van der Waals surface area contributed by atoms with Gasteiger partial charge in [0.25, 0.3) is 5.69 Å². The summed E-state index contributed by atoms with van der Waals surface area (Å²) >= 11 is 0. The molecule has 0 aliphatic heterocycles. The minimum Gasteiger partial charge on any atom is -0.493 e. The molecular formula is C16H24N2O4. The number of nitro groups is 1. The summed E-state index contributed by atoms with van der Waals surface area (Å²) < 4.78 is 10.4. The van der Waals surface area contributed by atoms with Crippen LogP contribution in [-0.2, 0) is 6.54 Å². The van der Waals surface area contributed by atoms with Crippen molar-refractivity contribution in [2.45, 2.75) is 45.2 Å². The highest BCUT2D eigenvalue weighted by atomic mass is 16.6. The number of hydrogen-bond donors (Lipinski definition) is 1. The van der Waals surface area contributed by atoms with Gasteiger partial charge in [0, 0.05) is 18.2 Å². The maximum absolute atomic E-state index is 11.3. The van der Waals surface area contributed by atoms with Gasteiger partial charge in [-0.25, -0.2) is 0 Å². The molecule has 2 atom stereocenters. The Morgan fingerprint density at radius 2 is 1.86 bits per heavy atom. The van der Waals surface area contributed by atoms with Crippen LogP contribution in [0.2, 0.25) is 0 Å². The Kier molecular flexibility index (Phi) is 5.60. The normalized spacial score (nSPS) is 21.4. The summed E-state index contributed by atoms with van der Waals surface area (Å²) in [5.41, 5.74) is 0.689. The fourth-order valence-corrected chi connectivity index (χ4v) is 3.08. The zero-order chi connectivity index (χ0) is 16.1. The summed E-state index contributed by atoms with van der Waals surface area (Å²) in [4.78, 5) is 10.9. The molecule has 1 aliphatic rings. The molecule has 0 saturated heterocycles. The maximum Gasteiger partial charge on any atom is 0.277 e. The van der Waals surface area contributed by atoms with E-state index in [0.29, 0.717) is 35.6 Å². The van der Waals surface area contributed by atoms with Crippen LogP contribution in [0.1, 0.15) is 38.2 Å². The summed E-state index contributed by atoms with van der Waals surface area (Å²) in [5, 5.41) is 14.8. The Labute approximate surface area is 131 Å². The van der Waals surface area contributed by atoms with Crippen LogP contribution in [0.5, 0.6) is 11.5 Å². The Morgan fingerprint density at radius 3 is 2.45 bits per heavy atom. The summed E-state index contributed by atoms with van der Waals surface area (Å²) in [7, 11) is 3.01. The van der Waals surface area contributed by atoms with E-state index in [1.54, 1.807) is 6.07 Å². The van der Waals surface area contributed by atoms with E-state index in [9.17, 15) is 10.1 Å².